The maximum atomic E-state index is 5.88. The number of ether oxygens (including phenoxy) is 1. The quantitative estimate of drug-likeness (QED) is 0.384. The molecule has 1 saturated heterocycles. The van der Waals surface area contributed by atoms with Crippen molar-refractivity contribution in [3.8, 4) is 0 Å². The van der Waals surface area contributed by atoms with Crippen LogP contribution in [-0.2, 0) is 4.74 Å². The molecule has 6 heteroatoms. The molecule has 3 aliphatic rings. The first-order chi connectivity index (χ1) is 11.0. The van der Waals surface area contributed by atoms with Crippen LogP contribution in [0, 0.1) is 11.3 Å². The fourth-order valence-electron chi connectivity index (χ4n) is 4.84. The van der Waals surface area contributed by atoms with Crippen molar-refractivity contribution in [1.29, 1.82) is 0 Å². The molecule has 0 spiro atoms. The van der Waals surface area contributed by atoms with Crippen molar-refractivity contribution in [1.82, 2.24) is 15.5 Å². The van der Waals surface area contributed by atoms with E-state index in [0.717, 1.165) is 31.7 Å². The second-order valence-electron chi connectivity index (χ2n) is 8.11. The summed E-state index contributed by atoms with van der Waals surface area (Å²) in [6, 6.07) is 1.25. The molecule has 1 aliphatic heterocycles. The minimum absolute atomic E-state index is 0. The topological polar surface area (TPSA) is 48.9 Å². The highest BCUT2D eigenvalue weighted by Crippen LogP contribution is 2.52. The van der Waals surface area contributed by atoms with Crippen LogP contribution in [0.3, 0.4) is 0 Å². The number of likely N-dealkylation sites (N-methyl/N-ethyl adjacent to an activating group) is 1. The summed E-state index contributed by atoms with van der Waals surface area (Å²) in [5, 5.41) is 7.15. The van der Waals surface area contributed by atoms with E-state index in [2.05, 4.69) is 41.4 Å². The van der Waals surface area contributed by atoms with Crippen molar-refractivity contribution in [2.24, 2.45) is 16.3 Å². The SMILES string of the molecule is CN=C(NCCN(C)C1CCCC1)NC1C2CCOC2C1(C)C.I. The van der Waals surface area contributed by atoms with Gasteiger partial charge in [0.2, 0.25) is 0 Å². The van der Waals surface area contributed by atoms with Gasteiger partial charge in [0.1, 0.15) is 0 Å². The molecule has 3 rings (SSSR count). The molecule has 3 fully saturated rings. The third-order valence-corrected chi connectivity index (χ3v) is 6.32. The molecule has 0 radical (unpaired) electrons. The zero-order valence-corrected chi connectivity index (χ0v) is 18.0. The molecule has 2 aliphatic carbocycles. The Kier molecular flexibility index (Phi) is 7.20. The van der Waals surface area contributed by atoms with E-state index in [0.29, 0.717) is 18.1 Å². The molecule has 0 amide bonds. The molecule has 3 unspecified atom stereocenters. The van der Waals surface area contributed by atoms with Gasteiger partial charge in [-0.2, -0.15) is 0 Å². The predicted octanol–water partition coefficient (Wildman–Crippen LogP) is 2.46. The number of fused-ring (bicyclic) bond motifs is 1. The molecule has 2 saturated carbocycles. The van der Waals surface area contributed by atoms with Crippen LogP contribution in [0.4, 0.5) is 0 Å². The Balaban J connectivity index is 0.00000208. The fraction of sp³-hybridized carbons (Fsp3) is 0.944. The monoisotopic (exact) mass is 450 g/mol. The predicted molar refractivity (Wildman–Crippen MR) is 110 cm³/mol. The van der Waals surface area contributed by atoms with Crippen LogP contribution >= 0.6 is 24.0 Å². The van der Waals surface area contributed by atoms with E-state index in [9.17, 15) is 0 Å². The summed E-state index contributed by atoms with van der Waals surface area (Å²) >= 11 is 0. The van der Waals surface area contributed by atoms with Crippen LogP contribution in [0.2, 0.25) is 0 Å². The molecular formula is C18H35IN4O. The summed E-state index contributed by atoms with van der Waals surface area (Å²) in [7, 11) is 4.12. The largest absolute Gasteiger partial charge is 0.377 e. The summed E-state index contributed by atoms with van der Waals surface area (Å²) < 4.78 is 5.88. The molecule has 5 nitrogen and oxygen atoms in total. The van der Waals surface area contributed by atoms with E-state index in [1.165, 1.54) is 32.1 Å². The van der Waals surface area contributed by atoms with Gasteiger partial charge in [-0.05, 0) is 26.3 Å². The smallest absolute Gasteiger partial charge is 0.191 e. The van der Waals surface area contributed by atoms with Crippen molar-refractivity contribution in [2.75, 3.05) is 33.8 Å². The van der Waals surface area contributed by atoms with Crippen LogP contribution in [0.15, 0.2) is 4.99 Å². The molecule has 0 aromatic carbocycles. The number of hydrogen-bond acceptors (Lipinski definition) is 3. The van der Waals surface area contributed by atoms with E-state index in [1.54, 1.807) is 0 Å². The van der Waals surface area contributed by atoms with Crippen molar-refractivity contribution in [3.63, 3.8) is 0 Å². The van der Waals surface area contributed by atoms with Gasteiger partial charge in [-0.1, -0.05) is 26.7 Å². The average Bonchev–Trinajstić information content (AvgIpc) is 3.20. The Hall–Kier alpha value is -0.0800. The lowest BCUT2D eigenvalue weighted by molar-refractivity contribution is -0.106. The maximum Gasteiger partial charge on any atom is 0.191 e. The second kappa shape index (κ2) is 8.54. The zero-order valence-electron chi connectivity index (χ0n) is 15.7. The van der Waals surface area contributed by atoms with Crippen molar-refractivity contribution >= 4 is 29.9 Å². The molecular weight excluding hydrogens is 415 g/mol. The Morgan fingerprint density at radius 2 is 1.96 bits per heavy atom. The zero-order chi connectivity index (χ0) is 16.4. The normalized spacial score (nSPS) is 32.2. The molecule has 1 heterocycles. The van der Waals surface area contributed by atoms with E-state index < -0.39 is 0 Å². The Labute approximate surface area is 164 Å². The number of halogens is 1. The minimum atomic E-state index is 0. The average molecular weight is 450 g/mol. The summed E-state index contributed by atoms with van der Waals surface area (Å²) in [6.07, 6.45) is 7.12. The summed E-state index contributed by atoms with van der Waals surface area (Å²) in [4.78, 5) is 6.92. The van der Waals surface area contributed by atoms with Gasteiger partial charge in [-0.3, -0.25) is 4.99 Å². The number of nitrogens with zero attached hydrogens (tertiary/aromatic N) is 2. The van der Waals surface area contributed by atoms with E-state index in [1.807, 2.05) is 7.05 Å². The lowest BCUT2D eigenvalue weighted by Crippen LogP contribution is -2.68. The second-order valence-corrected chi connectivity index (χ2v) is 8.11. The Bertz CT molecular complexity index is 437. The van der Waals surface area contributed by atoms with Gasteiger partial charge >= 0.3 is 0 Å². The van der Waals surface area contributed by atoms with Crippen molar-refractivity contribution in [2.45, 2.75) is 64.1 Å². The summed E-state index contributed by atoms with van der Waals surface area (Å²) in [5.41, 5.74) is 0.194. The third kappa shape index (κ3) is 4.01. The van der Waals surface area contributed by atoms with Crippen molar-refractivity contribution in [3.05, 3.63) is 0 Å². The first kappa shape index (κ1) is 20.2. The van der Waals surface area contributed by atoms with Gasteiger partial charge in [0.25, 0.3) is 0 Å². The van der Waals surface area contributed by atoms with Crippen LogP contribution < -0.4 is 10.6 Å². The lowest BCUT2D eigenvalue weighted by Gasteiger charge is -2.54. The first-order valence-electron chi connectivity index (χ1n) is 9.33. The summed E-state index contributed by atoms with van der Waals surface area (Å²) in [6.45, 7) is 7.55. The minimum Gasteiger partial charge on any atom is -0.377 e. The molecule has 3 atom stereocenters. The van der Waals surface area contributed by atoms with E-state index in [4.69, 9.17) is 4.74 Å². The van der Waals surface area contributed by atoms with Gasteiger partial charge in [0, 0.05) is 50.2 Å². The molecule has 0 aromatic rings. The van der Waals surface area contributed by atoms with Crippen LogP contribution in [0.25, 0.3) is 0 Å². The van der Waals surface area contributed by atoms with Gasteiger partial charge in [0.05, 0.1) is 6.10 Å². The van der Waals surface area contributed by atoms with Gasteiger partial charge < -0.3 is 20.3 Å². The summed E-state index contributed by atoms with van der Waals surface area (Å²) in [5.74, 6) is 1.58. The first-order valence-corrected chi connectivity index (χ1v) is 9.33. The van der Waals surface area contributed by atoms with E-state index in [-0.39, 0.29) is 29.4 Å². The van der Waals surface area contributed by atoms with Gasteiger partial charge in [-0.25, -0.2) is 0 Å². The van der Waals surface area contributed by atoms with Crippen LogP contribution in [0.5, 0.6) is 0 Å². The van der Waals surface area contributed by atoms with Crippen LogP contribution in [-0.4, -0.2) is 62.8 Å². The molecule has 24 heavy (non-hydrogen) atoms. The number of aliphatic imine (C=N–C) groups is 1. The molecule has 2 N–H and O–H groups in total. The Morgan fingerprint density at radius 1 is 1.25 bits per heavy atom. The molecule has 140 valence electrons. The maximum absolute atomic E-state index is 5.88. The number of nitrogens with one attached hydrogen (secondary N) is 2. The molecule has 0 bridgehead atoms. The number of guanidine groups is 1. The standard InChI is InChI=1S/C18H34N4O.HI/c1-18(2)15(14-9-12-23-16(14)18)21-17(19-3)20-10-11-22(4)13-7-5-6-8-13;/h13-16H,5-12H2,1-4H3,(H2,19,20,21);1H. The number of hydrogen-bond donors (Lipinski definition) is 2. The third-order valence-electron chi connectivity index (χ3n) is 6.32. The fourth-order valence-corrected chi connectivity index (χ4v) is 4.84. The van der Waals surface area contributed by atoms with Gasteiger partial charge in [0.15, 0.2) is 5.96 Å². The molecule has 0 aromatic heterocycles. The van der Waals surface area contributed by atoms with Crippen molar-refractivity contribution < 1.29 is 4.74 Å². The highest BCUT2D eigenvalue weighted by Gasteiger charge is 2.59. The Morgan fingerprint density at radius 3 is 2.62 bits per heavy atom. The van der Waals surface area contributed by atoms with Crippen LogP contribution in [0.1, 0.15) is 46.0 Å². The van der Waals surface area contributed by atoms with Gasteiger partial charge in [-0.15, -0.1) is 24.0 Å². The number of rotatable bonds is 5. The lowest BCUT2D eigenvalue weighted by atomic mass is 9.57. The van der Waals surface area contributed by atoms with E-state index >= 15 is 0 Å². The highest BCUT2D eigenvalue weighted by atomic mass is 127. The highest BCUT2D eigenvalue weighted by molar-refractivity contribution is 14.0.